The van der Waals surface area contributed by atoms with E-state index in [0.717, 1.165) is 12.0 Å². The Morgan fingerprint density at radius 3 is 2.36 bits per heavy atom. The van der Waals surface area contributed by atoms with Gasteiger partial charge in [0.15, 0.2) is 0 Å². The second-order valence-corrected chi connectivity index (χ2v) is 5.06. The van der Waals surface area contributed by atoms with E-state index in [1.54, 1.807) is 0 Å². The molecule has 14 heavy (non-hydrogen) atoms. The zero-order valence-corrected chi connectivity index (χ0v) is 9.54. The van der Waals surface area contributed by atoms with Crippen molar-refractivity contribution in [1.29, 1.82) is 0 Å². The third kappa shape index (κ3) is 2.29. The van der Waals surface area contributed by atoms with Crippen molar-refractivity contribution in [2.75, 3.05) is 20.2 Å². The minimum Gasteiger partial charge on any atom is -0.380 e. The predicted octanol–water partition coefficient (Wildman–Crippen LogP) is 2.29. The quantitative estimate of drug-likeness (QED) is 0.673. The Bertz CT molecular complexity index is 175. The second-order valence-electron chi connectivity index (χ2n) is 5.06. The van der Waals surface area contributed by atoms with Gasteiger partial charge in [0, 0.05) is 26.2 Å². The van der Waals surface area contributed by atoms with Crippen molar-refractivity contribution in [3.63, 3.8) is 0 Å². The molecule has 0 amide bonds. The first kappa shape index (κ1) is 10.4. The maximum atomic E-state index is 5.41. The highest BCUT2D eigenvalue weighted by atomic mass is 16.5. The first-order chi connectivity index (χ1) is 6.79. The van der Waals surface area contributed by atoms with Crippen LogP contribution in [-0.4, -0.2) is 37.2 Å². The van der Waals surface area contributed by atoms with E-state index < -0.39 is 0 Å². The van der Waals surface area contributed by atoms with Crippen LogP contribution >= 0.6 is 0 Å². The number of rotatable bonds is 2. The highest BCUT2D eigenvalue weighted by molar-refractivity contribution is 4.84. The molecule has 0 aromatic carbocycles. The first-order valence-corrected chi connectivity index (χ1v) is 6.06. The van der Waals surface area contributed by atoms with Gasteiger partial charge in [-0.1, -0.05) is 6.92 Å². The van der Waals surface area contributed by atoms with E-state index in [2.05, 4.69) is 11.8 Å². The molecule has 2 heteroatoms. The van der Waals surface area contributed by atoms with Crippen LogP contribution in [-0.2, 0) is 4.74 Å². The molecule has 2 rings (SSSR count). The normalized spacial score (nSPS) is 40.3. The number of methoxy groups -OCH3 is 1. The molecule has 82 valence electrons. The molecule has 1 aliphatic heterocycles. The van der Waals surface area contributed by atoms with Gasteiger partial charge in [-0.3, -0.25) is 4.90 Å². The van der Waals surface area contributed by atoms with E-state index in [9.17, 15) is 0 Å². The highest BCUT2D eigenvalue weighted by Gasteiger charge is 2.30. The van der Waals surface area contributed by atoms with Gasteiger partial charge in [0.2, 0.25) is 0 Å². The van der Waals surface area contributed by atoms with Crippen LogP contribution in [0.2, 0.25) is 0 Å². The average Bonchev–Trinajstić information content (AvgIpc) is 2.67. The van der Waals surface area contributed by atoms with Gasteiger partial charge in [0.25, 0.3) is 0 Å². The van der Waals surface area contributed by atoms with E-state index in [4.69, 9.17) is 4.74 Å². The summed E-state index contributed by atoms with van der Waals surface area (Å²) in [5.74, 6) is 0.965. The summed E-state index contributed by atoms with van der Waals surface area (Å²) in [5.41, 5.74) is 0. The number of ether oxygens (including phenoxy) is 1. The lowest BCUT2D eigenvalue weighted by molar-refractivity contribution is 0.0924. The van der Waals surface area contributed by atoms with E-state index in [1.165, 1.54) is 45.2 Å². The van der Waals surface area contributed by atoms with Crippen molar-refractivity contribution >= 4 is 0 Å². The smallest absolute Gasteiger partial charge is 0.0710 e. The Morgan fingerprint density at radius 2 is 1.79 bits per heavy atom. The van der Waals surface area contributed by atoms with Crippen LogP contribution in [0.15, 0.2) is 0 Å². The lowest BCUT2D eigenvalue weighted by Crippen LogP contribution is -2.36. The SMILES string of the molecule is CO[C@H]1CCN([C@H]2CC[C@@H](C)CC2)C1. The summed E-state index contributed by atoms with van der Waals surface area (Å²) in [5, 5.41) is 0. The van der Waals surface area contributed by atoms with Gasteiger partial charge in [-0.15, -0.1) is 0 Å². The maximum absolute atomic E-state index is 5.41. The minimum atomic E-state index is 0.509. The fourth-order valence-corrected chi connectivity index (χ4v) is 2.89. The van der Waals surface area contributed by atoms with Crippen molar-refractivity contribution < 1.29 is 4.74 Å². The molecule has 2 aliphatic rings. The molecule has 1 atom stereocenters. The number of nitrogens with zero attached hydrogens (tertiary/aromatic N) is 1. The Balaban J connectivity index is 1.79. The molecule has 1 aliphatic carbocycles. The minimum absolute atomic E-state index is 0.509. The molecule has 2 fully saturated rings. The molecular weight excluding hydrogens is 174 g/mol. The molecule has 0 aromatic rings. The molecule has 0 bridgehead atoms. The van der Waals surface area contributed by atoms with Crippen LogP contribution in [0.4, 0.5) is 0 Å². The van der Waals surface area contributed by atoms with Gasteiger partial charge < -0.3 is 4.74 Å². The largest absolute Gasteiger partial charge is 0.380 e. The van der Waals surface area contributed by atoms with Gasteiger partial charge in [-0.05, 0) is 38.0 Å². The maximum Gasteiger partial charge on any atom is 0.0710 e. The number of hydrogen-bond donors (Lipinski definition) is 0. The molecule has 2 nitrogen and oxygen atoms in total. The zero-order valence-electron chi connectivity index (χ0n) is 9.54. The summed E-state index contributed by atoms with van der Waals surface area (Å²) >= 11 is 0. The fourth-order valence-electron chi connectivity index (χ4n) is 2.89. The van der Waals surface area contributed by atoms with Crippen LogP contribution < -0.4 is 0 Å². The van der Waals surface area contributed by atoms with E-state index in [-0.39, 0.29) is 0 Å². The predicted molar refractivity (Wildman–Crippen MR) is 58.4 cm³/mol. The Hall–Kier alpha value is -0.0800. The van der Waals surface area contributed by atoms with Gasteiger partial charge in [0.1, 0.15) is 0 Å². The van der Waals surface area contributed by atoms with Crippen molar-refractivity contribution in [3.05, 3.63) is 0 Å². The standard InChI is InChI=1S/C12H23NO/c1-10-3-5-11(6-4-10)13-8-7-12(9-13)14-2/h10-12H,3-9H2,1-2H3/t10-,11+,12-/m0/s1. The van der Waals surface area contributed by atoms with Crippen LogP contribution in [0, 0.1) is 5.92 Å². The number of likely N-dealkylation sites (tertiary alicyclic amines) is 1. The average molecular weight is 197 g/mol. The molecule has 0 aromatic heterocycles. The van der Waals surface area contributed by atoms with Gasteiger partial charge in [0.05, 0.1) is 6.10 Å². The van der Waals surface area contributed by atoms with Crippen molar-refractivity contribution in [2.45, 2.75) is 51.2 Å². The zero-order chi connectivity index (χ0) is 9.97. The molecule has 0 spiro atoms. The lowest BCUT2D eigenvalue weighted by Gasteiger charge is -2.33. The summed E-state index contributed by atoms with van der Waals surface area (Å²) in [6.45, 7) is 4.82. The van der Waals surface area contributed by atoms with E-state index in [0.29, 0.717) is 6.10 Å². The summed E-state index contributed by atoms with van der Waals surface area (Å²) in [4.78, 5) is 2.65. The number of hydrogen-bond acceptors (Lipinski definition) is 2. The molecule has 1 saturated heterocycles. The van der Waals surface area contributed by atoms with E-state index >= 15 is 0 Å². The third-order valence-corrected chi connectivity index (χ3v) is 4.01. The summed E-state index contributed by atoms with van der Waals surface area (Å²) < 4.78 is 5.41. The molecule has 1 heterocycles. The third-order valence-electron chi connectivity index (χ3n) is 4.01. The molecule has 0 radical (unpaired) electrons. The highest BCUT2D eigenvalue weighted by Crippen LogP contribution is 2.29. The molecule has 1 saturated carbocycles. The van der Waals surface area contributed by atoms with Crippen LogP contribution in [0.5, 0.6) is 0 Å². The molecule has 0 unspecified atom stereocenters. The Labute approximate surface area is 87.6 Å². The van der Waals surface area contributed by atoms with Gasteiger partial charge >= 0.3 is 0 Å². The van der Waals surface area contributed by atoms with Crippen LogP contribution in [0.3, 0.4) is 0 Å². The van der Waals surface area contributed by atoms with Gasteiger partial charge in [-0.25, -0.2) is 0 Å². The molecule has 0 N–H and O–H groups in total. The monoisotopic (exact) mass is 197 g/mol. The Kier molecular flexibility index (Phi) is 3.45. The van der Waals surface area contributed by atoms with Gasteiger partial charge in [-0.2, -0.15) is 0 Å². The second kappa shape index (κ2) is 4.63. The van der Waals surface area contributed by atoms with E-state index in [1.807, 2.05) is 7.11 Å². The van der Waals surface area contributed by atoms with Crippen molar-refractivity contribution in [3.8, 4) is 0 Å². The van der Waals surface area contributed by atoms with Crippen molar-refractivity contribution in [2.24, 2.45) is 5.92 Å². The van der Waals surface area contributed by atoms with Crippen LogP contribution in [0.25, 0.3) is 0 Å². The van der Waals surface area contributed by atoms with Crippen LogP contribution in [0.1, 0.15) is 39.0 Å². The summed E-state index contributed by atoms with van der Waals surface area (Å²) in [7, 11) is 1.84. The Morgan fingerprint density at radius 1 is 1.07 bits per heavy atom. The fraction of sp³-hybridized carbons (Fsp3) is 1.00. The summed E-state index contributed by atoms with van der Waals surface area (Å²) in [6.07, 6.45) is 7.43. The summed E-state index contributed by atoms with van der Waals surface area (Å²) in [6, 6.07) is 0.867. The van der Waals surface area contributed by atoms with Crippen molar-refractivity contribution in [1.82, 2.24) is 4.90 Å². The topological polar surface area (TPSA) is 12.5 Å². The first-order valence-electron chi connectivity index (χ1n) is 6.06. The lowest BCUT2D eigenvalue weighted by atomic mass is 9.87. The molecular formula is C12H23NO.